The third kappa shape index (κ3) is 2.00. The normalized spacial score (nSPS) is 20.3. The first-order chi connectivity index (χ1) is 8.75. The van der Waals surface area contributed by atoms with Gasteiger partial charge >= 0.3 is 0 Å². The molecule has 0 unspecified atom stereocenters. The Hall–Kier alpha value is -1.46. The number of pyridine rings is 1. The standard InChI is InChI=1S/C12H13ClN4O/c1-8-7-18-6-5-17(8)11-9-3-2-4-14-10(9)15-12(13)16-11/h2-4,8H,5-7H2,1H3/t8-/m0/s1. The van der Waals surface area contributed by atoms with Gasteiger partial charge in [-0.25, -0.2) is 4.98 Å². The average molecular weight is 265 g/mol. The lowest BCUT2D eigenvalue weighted by atomic mass is 10.2. The number of halogens is 1. The number of hydrogen-bond acceptors (Lipinski definition) is 5. The molecule has 0 spiro atoms. The first-order valence-electron chi connectivity index (χ1n) is 5.88. The monoisotopic (exact) mass is 264 g/mol. The molecule has 6 heteroatoms. The topological polar surface area (TPSA) is 51.1 Å². The summed E-state index contributed by atoms with van der Waals surface area (Å²) in [6.45, 7) is 4.31. The number of anilines is 1. The van der Waals surface area contributed by atoms with Crippen LogP contribution < -0.4 is 4.90 Å². The Morgan fingerprint density at radius 2 is 2.33 bits per heavy atom. The first-order valence-corrected chi connectivity index (χ1v) is 6.26. The summed E-state index contributed by atoms with van der Waals surface area (Å²) >= 11 is 5.97. The van der Waals surface area contributed by atoms with Crippen LogP contribution in [0.4, 0.5) is 5.82 Å². The van der Waals surface area contributed by atoms with Crippen LogP contribution in [0.15, 0.2) is 18.3 Å². The number of hydrogen-bond donors (Lipinski definition) is 0. The molecule has 0 aliphatic carbocycles. The van der Waals surface area contributed by atoms with E-state index in [1.807, 2.05) is 12.1 Å². The Balaban J connectivity index is 2.15. The number of fused-ring (bicyclic) bond motifs is 1. The predicted molar refractivity (Wildman–Crippen MR) is 70.0 cm³/mol. The lowest BCUT2D eigenvalue weighted by Crippen LogP contribution is -2.44. The molecule has 0 radical (unpaired) electrons. The van der Waals surface area contributed by atoms with Crippen LogP contribution in [-0.2, 0) is 4.74 Å². The van der Waals surface area contributed by atoms with Gasteiger partial charge in [0.1, 0.15) is 5.82 Å². The minimum Gasteiger partial charge on any atom is -0.377 e. The van der Waals surface area contributed by atoms with Crippen molar-refractivity contribution in [1.29, 1.82) is 0 Å². The number of nitrogens with zero attached hydrogens (tertiary/aromatic N) is 4. The van der Waals surface area contributed by atoms with E-state index in [1.165, 1.54) is 0 Å². The smallest absolute Gasteiger partial charge is 0.226 e. The Labute approximate surface area is 110 Å². The summed E-state index contributed by atoms with van der Waals surface area (Å²) in [7, 11) is 0. The van der Waals surface area contributed by atoms with Gasteiger partial charge in [-0.1, -0.05) is 0 Å². The van der Waals surface area contributed by atoms with Crippen LogP contribution in [0.3, 0.4) is 0 Å². The van der Waals surface area contributed by atoms with Crippen molar-refractivity contribution in [3.05, 3.63) is 23.6 Å². The van der Waals surface area contributed by atoms with Gasteiger partial charge in [0.15, 0.2) is 5.65 Å². The van der Waals surface area contributed by atoms with Crippen molar-refractivity contribution in [2.24, 2.45) is 0 Å². The SMILES string of the molecule is C[C@H]1COCCN1c1nc(Cl)nc2ncccc12. The van der Waals surface area contributed by atoms with Gasteiger partial charge in [0.25, 0.3) is 0 Å². The minimum atomic E-state index is 0.231. The van der Waals surface area contributed by atoms with E-state index in [-0.39, 0.29) is 11.3 Å². The van der Waals surface area contributed by atoms with Gasteiger partial charge in [-0.05, 0) is 30.7 Å². The molecular formula is C12H13ClN4O. The second kappa shape index (κ2) is 4.66. The van der Waals surface area contributed by atoms with Crippen molar-refractivity contribution < 1.29 is 4.74 Å². The molecule has 0 bridgehead atoms. The quantitative estimate of drug-likeness (QED) is 0.737. The van der Waals surface area contributed by atoms with Crippen LogP contribution >= 0.6 is 11.6 Å². The molecule has 1 fully saturated rings. The maximum atomic E-state index is 5.97. The highest BCUT2D eigenvalue weighted by Gasteiger charge is 2.23. The van der Waals surface area contributed by atoms with E-state index >= 15 is 0 Å². The van der Waals surface area contributed by atoms with Crippen molar-refractivity contribution in [3.8, 4) is 0 Å². The third-order valence-corrected chi connectivity index (χ3v) is 3.23. The molecule has 18 heavy (non-hydrogen) atoms. The van der Waals surface area contributed by atoms with Crippen LogP contribution in [0, 0.1) is 0 Å². The van der Waals surface area contributed by atoms with E-state index < -0.39 is 0 Å². The molecule has 1 aliphatic heterocycles. The minimum absolute atomic E-state index is 0.231. The van der Waals surface area contributed by atoms with Crippen molar-refractivity contribution in [2.45, 2.75) is 13.0 Å². The van der Waals surface area contributed by atoms with E-state index in [2.05, 4.69) is 26.8 Å². The molecule has 0 N–H and O–H groups in total. The molecule has 1 saturated heterocycles. The fraction of sp³-hybridized carbons (Fsp3) is 0.417. The lowest BCUT2D eigenvalue weighted by molar-refractivity contribution is 0.0987. The lowest BCUT2D eigenvalue weighted by Gasteiger charge is -2.34. The summed E-state index contributed by atoms with van der Waals surface area (Å²) in [6.07, 6.45) is 1.71. The van der Waals surface area contributed by atoms with Crippen LogP contribution in [0.5, 0.6) is 0 Å². The highest BCUT2D eigenvalue weighted by Crippen LogP contribution is 2.26. The van der Waals surface area contributed by atoms with Crippen molar-refractivity contribution >= 4 is 28.5 Å². The molecule has 2 aromatic rings. The van der Waals surface area contributed by atoms with Gasteiger partial charge in [0.05, 0.1) is 24.6 Å². The van der Waals surface area contributed by atoms with Gasteiger partial charge in [-0.15, -0.1) is 0 Å². The molecular weight excluding hydrogens is 252 g/mol. The highest BCUT2D eigenvalue weighted by molar-refractivity contribution is 6.28. The van der Waals surface area contributed by atoms with Crippen molar-refractivity contribution in [3.63, 3.8) is 0 Å². The van der Waals surface area contributed by atoms with E-state index in [0.717, 1.165) is 17.7 Å². The molecule has 1 aliphatic rings. The Kier molecular flexibility index (Phi) is 3.01. The van der Waals surface area contributed by atoms with Crippen LogP contribution in [0.2, 0.25) is 5.28 Å². The largest absolute Gasteiger partial charge is 0.377 e. The predicted octanol–water partition coefficient (Wildman–Crippen LogP) is 1.90. The summed E-state index contributed by atoms with van der Waals surface area (Å²) < 4.78 is 5.44. The van der Waals surface area contributed by atoms with Gasteiger partial charge < -0.3 is 9.64 Å². The van der Waals surface area contributed by atoms with Gasteiger partial charge in [0.2, 0.25) is 5.28 Å². The molecule has 2 aromatic heterocycles. The number of morpholine rings is 1. The van der Waals surface area contributed by atoms with Crippen LogP contribution in [0.25, 0.3) is 11.0 Å². The van der Waals surface area contributed by atoms with Gasteiger partial charge in [-0.3, -0.25) is 0 Å². The number of ether oxygens (including phenoxy) is 1. The summed E-state index contributed by atoms with van der Waals surface area (Å²) in [6, 6.07) is 4.12. The third-order valence-electron chi connectivity index (χ3n) is 3.06. The Morgan fingerprint density at radius 3 is 3.17 bits per heavy atom. The number of rotatable bonds is 1. The van der Waals surface area contributed by atoms with E-state index in [4.69, 9.17) is 16.3 Å². The van der Waals surface area contributed by atoms with Crippen molar-refractivity contribution in [2.75, 3.05) is 24.7 Å². The fourth-order valence-electron chi connectivity index (χ4n) is 2.18. The molecule has 0 aromatic carbocycles. The average Bonchev–Trinajstić information content (AvgIpc) is 2.38. The first kappa shape index (κ1) is 11.6. The van der Waals surface area contributed by atoms with E-state index in [1.54, 1.807) is 6.20 Å². The molecule has 0 amide bonds. The zero-order chi connectivity index (χ0) is 12.5. The maximum absolute atomic E-state index is 5.97. The maximum Gasteiger partial charge on any atom is 0.226 e. The fourth-order valence-corrected chi connectivity index (χ4v) is 2.34. The van der Waals surface area contributed by atoms with E-state index in [9.17, 15) is 0 Å². The molecule has 3 heterocycles. The number of aromatic nitrogens is 3. The Morgan fingerprint density at radius 1 is 1.44 bits per heavy atom. The summed E-state index contributed by atoms with van der Waals surface area (Å²) in [5.74, 6) is 0.842. The van der Waals surface area contributed by atoms with Gasteiger partial charge in [0, 0.05) is 12.7 Å². The van der Waals surface area contributed by atoms with Crippen LogP contribution in [0.1, 0.15) is 6.92 Å². The van der Waals surface area contributed by atoms with Crippen molar-refractivity contribution in [1.82, 2.24) is 15.0 Å². The van der Waals surface area contributed by atoms with Gasteiger partial charge in [-0.2, -0.15) is 9.97 Å². The highest BCUT2D eigenvalue weighted by atomic mass is 35.5. The second-order valence-electron chi connectivity index (χ2n) is 4.31. The zero-order valence-electron chi connectivity index (χ0n) is 10.0. The molecule has 3 rings (SSSR count). The summed E-state index contributed by atoms with van der Waals surface area (Å²) in [5.41, 5.74) is 0.631. The zero-order valence-corrected chi connectivity index (χ0v) is 10.8. The Bertz CT molecular complexity index is 577. The molecule has 0 saturated carbocycles. The summed E-state index contributed by atoms with van der Waals surface area (Å²) in [5, 5.41) is 1.16. The summed E-state index contributed by atoms with van der Waals surface area (Å²) in [4.78, 5) is 14.9. The van der Waals surface area contributed by atoms with E-state index in [0.29, 0.717) is 18.9 Å². The molecule has 1 atom stereocenters. The molecule has 94 valence electrons. The molecule has 5 nitrogen and oxygen atoms in total. The second-order valence-corrected chi connectivity index (χ2v) is 4.65. The van der Waals surface area contributed by atoms with Crippen LogP contribution in [-0.4, -0.2) is 40.8 Å².